The van der Waals surface area contributed by atoms with Gasteiger partial charge in [-0.3, -0.25) is 9.11 Å². The fraction of sp³-hybridized carbons (Fsp3) is 0.333. The zero-order chi connectivity index (χ0) is 7.11. The van der Waals surface area contributed by atoms with Crippen molar-refractivity contribution in [3.63, 3.8) is 0 Å². The molecule has 9 heavy (non-hydrogen) atoms. The smallest absolute Gasteiger partial charge is 0.0942 e. The van der Waals surface area contributed by atoms with E-state index in [2.05, 4.69) is 10.5 Å². The highest BCUT2D eigenvalue weighted by atomic mass is 33.5. The van der Waals surface area contributed by atoms with Gasteiger partial charge in [0.1, 0.15) is 0 Å². The second-order valence-electron chi connectivity index (χ2n) is 1.34. The average Bonchev–Trinajstić information content (AvgIpc) is 1.85. The minimum Gasteiger partial charge on any atom is -0.269 e. The van der Waals surface area contributed by atoms with Crippen LogP contribution < -0.4 is 5.14 Å². The number of rotatable bonds is 5. The van der Waals surface area contributed by atoms with Crippen LogP contribution in [-0.2, 0) is 0 Å². The normalized spacial score (nSPS) is 10.4. The lowest BCUT2D eigenvalue weighted by molar-refractivity contribution is 0.829. The molecule has 6 heteroatoms. The maximum Gasteiger partial charge on any atom is 0.0942 e. The first-order valence-electron chi connectivity index (χ1n) is 2.33. The van der Waals surface area contributed by atoms with Gasteiger partial charge in [-0.25, -0.2) is 0 Å². The Labute approximate surface area is 70.6 Å². The molecule has 0 fully saturated rings. The Kier molecular flexibility index (Phi) is 7.76. The quantitative estimate of drug-likeness (QED) is 0.302. The summed E-state index contributed by atoms with van der Waals surface area (Å²) >= 11 is 0. The lowest BCUT2D eigenvalue weighted by atomic mass is 10.7. The van der Waals surface area contributed by atoms with Crippen molar-refractivity contribution in [1.82, 2.24) is 3.97 Å². The lowest BCUT2D eigenvalue weighted by Gasteiger charge is -2.09. The zero-order valence-electron chi connectivity index (χ0n) is 5.24. The van der Waals surface area contributed by atoms with Gasteiger partial charge in [-0.15, -0.1) is 6.58 Å². The van der Waals surface area contributed by atoms with Gasteiger partial charge in [-0.2, -0.15) is 0 Å². The summed E-state index contributed by atoms with van der Waals surface area (Å²) in [5, 5.41) is 5.19. The summed E-state index contributed by atoms with van der Waals surface area (Å²) in [6.07, 6.45) is 1.89. The average molecular weight is 198 g/mol. The van der Waals surface area contributed by atoms with Crippen LogP contribution in [0.5, 0.6) is 0 Å². The zero-order valence-corrected chi connectivity index (χ0v) is 9.69. The van der Waals surface area contributed by atoms with E-state index >= 15 is 0 Å². The van der Waals surface area contributed by atoms with E-state index in [1.54, 1.807) is 20.8 Å². The van der Waals surface area contributed by atoms with Crippen molar-refractivity contribution in [2.24, 2.45) is 5.14 Å². The molecule has 0 spiro atoms. The standard InChI is InChI=1S/C3H10N2S3Si/c1-2-3-5(9)7-8-6-4/h2H,1,3-4H2,9H3. The molecule has 0 saturated carbocycles. The Hall–Kier alpha value is 0.927. The van der Waals surface area contributed by atoms with Crippen LogP contribution in [0.4, 0.5) is 0 Å². The van der Waals surface area contributed by atoms with Gasteiger partial charge in [0, 0.05) is 16.4 Å². The van der Waals surface area contributed by atoms with Crippen LogP contribution in [-0.4, -0.2) is 20.9 Å². The van der Waals surface area contributed by atoms with Gasteiger partial charge in [-0.1, -0.05) is 6.08 Å². The summed E-state index contributed by atoms with van der Waals surface area (Å²) in [6.45, 7) is 4.58. The summed E-state index contributed by atoms with van der Waals surface area (Å²) < 4.78 is 2.19. The van der Waals surface area contributed by atoms with Crippen LogP contribution in [0.2, 0.25) is 0 Å². The summed E-state index contributed by atoms with van der Waals surface area (Å²) in [7, 11) is 5.59. The third kappa shape index (κ3) is 6.82. The predicted octanol–water partition coefficient (Wildman–Crippen LogP) is 0.573. The van der Waals surface area contributed by atoms with Gasteiger partial charge in [0.05, 0.1) is 10.4 Å². The van der Waals surface area contributed by atoms with Crippen molar-refractivity contribution in [3.05, 3.63) is 12.7 Å². The van der Waals surface area contributed by atoms with E-state index in [0.717, 1.165) is 16.9 Å². The first-order valence-corrected chi connectivity index (χ1v) is 6.73. The monoisotopic (exact) mass is 198 g/mol. The largest absolute Gasteiger partial charge is 0.269 e. The van der Waals surface area contributed by atoms with E-state index in [0.29, 0.717) is 0 Å². The lowest BCUT2D eigenvalue weighted by Crippen LogP contribution is -2.08. The second-order valence-corrected chi connectivity index (χ2v) is 6.82. The predicted molar refractivity (Wildman–Crippen MR) is 53.8 cm³/mol. The van der Waals surface area contributed by atoms with Gasteiger partial charge in [0.15, 0.2) is 0 Å². The van der Waals surface area contributed by atoms with Crippen LogP contribution in [0.3, 0.4) is 0 Å². The van der Waals surface area contributed by atoms with E-state index in [9.17, 15) is 0 Å². The molecule has 0 atom stereocenters. The molecule has 0 rings (SSSR count). The van der Waals surface area contributed by atoms with Gasteiger partial charge in [0.25, 0.3) is 0 Å². The molecule has 0 aliphatic rings. The van der Waals surface area contributed by atoms with Crippen LogP contribution in [0.1, 0.15) is 0 Å². The van der Waals surface area contributed by atoms with Crippen molar-refractivity contribution >= 4 is 42.2 Å². The molecule has 0 aromatic heterocycles. The molecule has 54 valence electrons. The molecular formula is C3H10N2S3Si. The molecule has 2 nitrogen and oxygen atoms in total. The summed E-state index contributed by atoms with van der Waals surface area (Å²) in [5.74, 6) is 0. The first-order chi connectivity index (χ1) is 4.31. The van der Waals surface area contributed by atoms with E-state index < -0.39 is 0 Å². The molecule has 2 N–H and O–H groups in total. The fourth-order valence-corrected chi connectivity index (χ4v) is 4.34. The van der Waals surface area contributed by atoms with E-state index in [-0.39, 0.29) is 0 Å². The van der Waals surface area contributed by atoms with Gasteiger partial charge < -0.3 is 0 Å². The van der Waals surface area contributed by atoms with E-state index in [4.69, 9.17) is 5.14 Å². The van der Waals surface area contributed by atoms with Crippen LogP contribution in [0.25, 0.3) is 0 Å². The van der Waals surface area contributed by atoms with Gasteiger partial charge in [0.2, 0.25) is 0 Å². The van der Waals surface area contributed by atoms with Gasteiger partial charge in [-0.05, 0) is 22.0 Å². The van der Waals surface area contributed by atoms with Gasteiger partial charge >= 0.3 is 0 Å². The molecule has 0 amide bonds. The maximum atomic E-state index is 5.19. The molecule has 0 heterocycles. The summed E-state index contributed by atoms with van der Waals surface area (Å²) in [6, 6.07) is 0. The first kappa shape index (κ1) is 9.93. The second kappa shape index (κ2) is 7.04. The number of nitrogens with two attached hydrogens (primary N) is 1. The minimum atomic E-state index is 0.949. The fourth-order valence-electron chi connectivity index (χ4n) is 0.282. The van der Waals surface area contributed by atoms with Crippen molar-refractivity contribution in [3.8, 4) is 0 Å². The SMILES string of the molecule is C=CCN([SiH3])SSSN. The maximum absolute atomic E-state index is 5.19. The highest BCUT2D eigenvalue weighted by molar-refractivity contribution is 9.08. The topological polar surface area (TPSA) is 29.3 Å². The molecule has 0 aliphatic carbocycles. The van der Waals surface area contributed by atoms with Crippen LogP contribution >= 0.6 is 31.8 Å². The molecule has 0 unspecified atom stereocenters. The highest BCUT2D eigenvalue weighted by Gasteiger charge is 1.93. The molecule has 0 saturated heterocycles. The van der Waals surface area contributed by atoms with Crippen molar-refractivity contribution in [1.29, 1.82) is 0 Å². The van der Waals surface area contributed by atoms with Crippen LogP contribution in [0, 0.1) is 0 Å². The van der Waals surface area contributed by atoms with Crippen molar-refractivity contribution < 1.29 is 0 Å². The van der Waals surface area contributed by atoms with Crippen molar-refractivity contribution in [2.45, 2.75) is 0 Å². The van der Waals surface area contributed by atoms with E-state index in [1.165, 1.54) is 11.0 Å². The number of hydrogen-bond donors (Lipinski definition) is 1. The Balaban J connectivity index is 3.04. The Bertz CT molecular complexity index is 81.5. The van der Waals surface area contributed by atoms with Crippen molar-refractivity contribution in [2.75, 3.05) is 6.54 Å². The molecular weight excluding hydrogens is 188 g/mol. The number of nitrogens with zero attached hydrogens (tertiary/aromatic N) is 1. The Morgan fingerprint density at radius 2 is 2.44 bits per heavy atom. The third-order valence-corrected chi connectivity index (χ3v) is 5.27. The Morgan fingerprint density at radius 1 is 1.78 bits per heavy atom. The molecule has 0 bridgehead atoms. The highest BCUT2D eigenvalue weighted by Crippen LogP contribution is 2.31. The molecule has 0 aromatic rings. The number of hydrogen-bond acceptors (Lipinski definition) is 5. The van der Waals surface area contributed by atoms with E-state index in [1.807, 2.05) is 6.08 Å². The molecule has 0 aromatic carbocycles. The molecule has 0 aliphatic heterocycles. The third-order valence-electron chi connectivity index (χ3n) is 0.583. The van der Waals surface area contributed by atoms with Crippen LogP contribution in [0.15, 0.2) is 12.7 Å². The summed E-state index contributed by atoms with van der Waals surface area (Å²) in [5.41, 5.74) is 0. The minimum absolute atomic E-state index is 0.949. The Morgan fingerprint density at radius 3 is 2.89 bits per heavy atom. The summed E-state index contributed by atoms with van der Waals surface area (Å²) in [4.78, 5) is 0. The molecule has 0 radical (unpaired) electrons.